The van der Waals surface area contributed by atoms with Crippen molar-refractivity contribution in [2.45, 2.75) is 0 Å². The van der Waals surface area contributed by atoms with Gasteiger partial charge in [-0.2, -0.15) is 0 Å². The van der Waals surface area contributed by atoms with E-state index in [1.54, 1.807) is 30.3 Å². The van der Waals surface area contributed by atoms with Crippen molar-refractivity contribution in [1.29, 1.82) is 0 Å². The van der Waals surface area contributed by atoms with Crippen LogP contribution in [0.4, 0.5) is 5.69 Å². The Bertz CT molecular complexity index is 505. The van der Waals surface area contributed by atoms with Gasteiger partial charge < -0.3 is 10.2 Å². The van der Waals surface area contributed by atoms with Crippen LogP contribution in [0.2, 0.25) is 0 Å². The number of halogens is 1. The molecule has 0 fully saturated rings. The van der Waals surface area contributed by atoms with Gasteiger partial charge in [0.15, 0.2) is 5.76 Å². The molecule has 0 bridgehead atoms. The summed E-state index contributed by atoms with van der Waals surface area (Å²) < 4.78 is 5.72. The van der Waals surface area contributed by atoms with Gasteiger partial charge >= 0.3 is 0 Å². The molecular weight excluding hydrogens is 258 g/mol. The minimum absolute atomic E-state index is 0.218. The summed E-state index contributed by atoms with van der Waals surface area (Å²) in [5.74, 6) is 0.0536. The second-order valence-electron chi connectivity index (χ2n) is 3.01. The second-order valence-corrected chi connectivity index (χ2v) is 3.87. The minimum atomic E-state index is -0.218. The van der Waals surface area contributed by atoms with Gasteiger partial charge in [0.1, 0.15) is 0 Å². The van der Waals surface area contributed by atoms with E-state index < -0.39 is 0 Å². The van der Waals surface area contributed by atoms with Crippen molar-refractivity contribution in [3.63, 3.8) is 0 Å². The van der Waals surface area contributed by atoms with Crippen molar-refractivity contribution in [1.82, 2.24) is 0 Å². The van der Waals surface area contributed by atoms with Gasteiger partial charge in [-0.15, -0.1) is 0 Å². The number of furan rings is 1. The molecule has 0 saturated carbocycles. The summed E-state index contributed by atoms with van der Waals surface area (Å²) in [4.78, 5) is 11.9. The zero-order valence-electron chi connectivity index (χ0n) is 7.74. The normalized spacial score (nSPS) is 10.2. The maximum Gasteiger partial charge on any atom is 0.231 e. The number of ketones is 1. The lowest BCUT2D eigenvalue weighted by Gasteiger charge is -2.01. The molecule has 15 heavy (non-hydrogen) atoms. The molecule has 0 aliphatic rings. The Kier molecular flexibility index (Phi) is 2.60. The lowest BCUT2D eigenvalue weighted by Crippen LogP contribution is -2.04. The van der Waals surface area contributed by atoms with Crippen LogP contribution in [0.25, 0.3) is 0 Å². The van der Waals surface area contributed by atoms with E-state index in [9.17, 15) is 4.79 Å². The van der Waals surface area contributed by atoms with E-state index >= 15 is 0 Å². The molecule has 2 N–H and O–H groups in total. The summed E-state index contributed by atoms with van der Waals surface area (Å²) in [6, 6.07) is 8.58. The molecule has 0 amide bonds. The van der Waals surface area contributed by atoms with Crippen LogP contribution in [-0.2, 0) is 0 Å². The van der Waals surface area contributed by atoms with E-state index in [-0.39, 0.29) is 11.5 Å². The van der Waals surface area contributed by atoms with Gasteiger partial charge in [0.2, 0.25) is 5.78 Å². The summed E-state index contributed by atoms with van der Waals surface area (Å²) in [6.45, 7) is 0. The van der Waals surface area contributed by atoms with E-state index in [1.807, 2.05) is 0 Å². The Balaban J connectivity index is 2.46. The van der Waals surface area contributed by atoms with Crippen molar-refractivity contribution in [2.24, 2.45) is 0 Å². The van der Waals surface area contributed by atoms with Crippen LogP contribution in [0.5, 0.6) is 0 Å². The number of carbonyl (C=O) groups excluding carboxylic acids is 1. The first-order chi connectivity index (χ1) is 7.20. The summed E-state index contributed by atoms with van der Waals surface area (Å²) in [5.41, 5.74) is 6.60. The molecule has 0 radical (unpaired) electrons. The Morgan fingerprint density at radius 2 is 2.00 bits per heavy atom. The predicted octanol–water partition coefficient (Wildman–Crippen LogP) is 2.86. The molecule has 0 spiro atoms. The van der Waals surface area contributed by atoms with E-state index in [0.717, 1.165) is 0 Å². The van der Waals surface area contributed by atoms with E-state index in [0.29, 0.717) is 15.7 Å². The number of nitrogen functional groups attached to an aromatic ring is 1. The van der Waals surface area contributed by atoms with Gasteiger partial charge in [-0.1, -0.05) is 12.1 Å². The number of benzene rings is 1. The molecule has 1 aromatic heterocycles. The monoisotopic (exact) mass is 265 g/mol. The average molecular weight is 266 g/mol. The van der Waals surface area contributed by atoms with Crippen LogP contribution < -0.4 is 5.73 Å². The number of nitrogens with two attached hydrogens (primary N) is 1. The van der Waals surface area contributed by atoms with Gasteiger partial charge in [-0.25, -0.2) is 0 Å². The fourth-order valence-corrected chi connectivity index (χ4v) is 1.66. The fraction of sp³-hybridized carbons (Fsp3) is 0. The highest BCUT2D eigenvalue weighted by Gasteiger charge is 2.17. The minimum Gasteiger partial charge on any atom is -0.460 e. The van der Waals surface area contributed by atoms with Crippen LogP contribution in [-0.4, -0.2) is 5.78 Å². The van der Waals surface area contributed by atoms with E-state index in [2.05, 4.69) is 15.9 Å². The molecule has 3 nitrogen and oxygen atoms in total. The standard InChI is InChI=1S/C11H8BrNO2/c12-8-5-6-15-11(8)10(14)7-3-1-2-4-9(7)13/h1-6H,13H2. The molecule has 0 saturated heterocycles. The van der Waals surface area contributed by atoms with Crippen LogP contribution in [0.3, 0.4) is 0 Å². The quantitative estimate of drug-likeness (QED) is 0.671. The largest absolute Gasteiger partial charge is 0.460 e. The average Bonchev–Trinajstić information content (AvgIpc) is 2.64. The molecule has 2 aromatic rings. The van der Waals surface area contributed by atoms with Crippen molar-refractivity contribution in [3.05, 3.63) is 52.4 Å². The molecule has 0 atom stereocenters. The first-order valence-electron chi connectivity index (χ1n) is 4.32. The highest BCUT2D eigenvalue weighted by atomic mass is 79.9. The summed E-state index contributed by atoms with van der Waals surface area (Å²) in [6.07, 6.45) is 1.45. The number of hydrogen-bond acceptors (Lipinski definition) is 3. The third kappa shape index (κ3) is 1.80. The van der Waals surface area contributed by atoms with Gasteiger partial charge in [-0.05, 0) is 34.1 Å². The Morgan fingerprint density at radius 1 is 1.27 bits per heavy atom. The van der Waals surface area contributed by atoms with Gasteiger partial charge in [0.25, 0.3) is 0 Å². The molecule has 1 heterocycles. The van der Waals surface area contributed by atoms with E-state index in [4.69, 9.17) is 10.2 Å². The fourth-order valence-electron chi connectivity index (χ4n) is 1.28. The van der Waals surface area contributed by atoms with Crippen molar-refractivity contribution >= 4 is 27.4 Å². The van der Waals surface area contributed by atoms with Crippen molar-refractivity contribution in [2.75, 3.05) is 5.73 Å². The second kappa shape index (κ2) is 3.90. The molecule has 4 heteroatoms. The van der Waals surface area contributed by atoms with E-state index in [1.165, 1.54) is 6.26 Å². The third-order valence-electron chi connectivity index (χ3n) is 2.03. The first-order valence-corrected chi connectivity index (χ1v) is 5.11. The highest BCUT2D eigenvalue weighted by Crippen LogP contribution is 2.23. The topological polar surface area (TPSA) is 56.2 Å². The molecule has 0 aliphatic carbocycles. The number of rotatable bonds is 2. The lowest BCUT2D eigenvalue weighted by atomic mass is 10.1. The van der Waals surface area contributed by atoms with Crippen LogP contribution in [0.1, 0.15) is 16.1 Å². The number of hydrogen-bond donors (Lipinski definition) is 1. The molecule has 1 aromatic carbocycles. The van der Waals surface area contributed by atoms with Crippen LogP contribution in [0, 0.1) is 0 Å². The number of carbonyl (C=O) groups is 1. The maximum absolute atomic E-state index is 11.9. The Labute approximate surface area is 95.0 Å². The molecule has 0 aliphatic heterocycles. The van der Waals surface area contributed by atoms with Crippen molar-refractivity contribution < 1.29 is 9.21 Å². The number of anilines is 1. The van der Waals surface area contributed by atoms with Gasteiger partial charge in [-0.3, -0.25) is 4.79 Å². The van der Waals surface area contributed by atoms with Crippen LogP contribution in [0.15, 0.2) is 45.5 Å². The van der Waals surface area contributed by atoms with Gasteiger partial charge in [0, 0.05) is 11.3 Å². The zero-order chi connectivity index (χ0) is 10.8. The predicted molar refractivity (Wildman–Crippen MR) is 60.7 cm³/mol. The summed E-state index contributed by atoms with van der Waals surface area (Å²) >= 11 is 3.23. The van der Waals surface area contributed by atoms with Crippen molar-refractivity contribution in [3.8, 4) is 0 Å². The maximum atomic E-state index is 11.9. The third-order valence-corrected chi connectivity index (χ3v) is 2.65. The Morgan fingerprint density at radius 3 is 2.60 bits per heavy atom. The first kappa shape index (κ1) is 9.98. The smallest absolute Gasteiger partial charge is 0.231 e. The molecule has 76 valence electrons. The molecular formula is C11H8BrNO2. The lowest BCUT2D eigenvalue weighted by molar-refractivity contribution is 0.101. The van der Waals surface area contributed by atoms with Crippen LogP contribution >= 0.6 is 15.9 Å². The zero-order valence-corrected chi connectivity index (χ0v) is 9.32. The highest BCUT2D eigenvalue weighted by molar-refractivity contribution is 9.10. The molecule has 0 unspecified atom stereocenters. The Hall–Kier alpha value is -1.55. The summed E-state index contributed by atoms with van der Waals surface area (Å²) in [5, 5.41) is 0. The van der Waals surface area contributed by atoms with Gasteiger partial charge in [0.05, 0.1) is 10.7 Å². The summed E-state index contributed by atoms with van der Waals surface area (Å²) in [7, 11) is 0. The number of para-hydroxylation sites is 1. The SMILES string of the molecule is Nc1ccccc1C(=O)c1occc1Br. The molecule has 2 rings (SSSR count).